The minimum Gasteiger partial charge on any atom is -0.495 e. The number of ether oxygens (including phenoxy) is 2. The molecule has 0 radical (unpaired) electrons. The van der Waals surface area contributed by atoms with Gasteiger partial charge in [0.15, 0.2) is 6.61 Å². The van der Waals surface area contributed by atoms with Gasteiger partial charge >= 0.3 is 5.97 Å². The number of hydrogen-bond donors (Lipinski definition) is 1. The average Bonchev–Trinajstić information content (AvgIpc) is 3.20. The summed E-state index contributed by atoms with van der Waals surface area (Å²) >= 11 is 5.92. The first-order valence-corrected chi connectivity index (χ1v) is 9.51. The third kappa shape index (κ3) is 5.81. The fourth-order valence-electron chi connectivity index (χ4n) is 2.56. The molecule has 30 heavy (non-hydrogen) atoms. The van der Waals surface area contributed by atoms with Crippen LogP contribution >= 0.6 is 11.6 Å². The van der Waals surface area contributed by atoms with Gasteiger partial charge < -0.3 is 19.2 Å². The summed E-state index contributed by atoms with van der Waals surface area (Å²) in [6, 6.07) is 12.5. The third-order valence-electron chi connectivity index (χ3n) is 4.11. The predicted molar refractivity (Wildman–Crippen MR) is 110 cm³/mol. The van der Waals surface area contributed by atoms with E-state index in [2.05, 4.69) is 15.5 Å². The zero-order valence-corrected chi connectivity index (χ0v) is 17.2. The number of halogens is 1. The topological polar surface area (TPSA) is 104 Å². The molecule has 0 aliphatic carbocycles. The normalized spacial score (nSPS) is 10.5. The second-order valence-electron chi connectivity index (χ2n) is 6.42. The van der Waals surface area contributed by atoms with Crippen LogP contribution in [0, 0.1) is 6.92 Å². The summed E-state index contributed by atoms with van der Waals surface area (Å²) in [7, 11) is 1.47. The molecule has 1 aromatic heterocycles. The molecule has 2 aromatic carbocycles. The first kappa shape index (κ1) is 21.3. The van der Waals surface area contributed by atoms with Crippen LogP contribution in [0.4, 0.5) is 5.69 Å². The first-order valence-electron chi connectivity index (χ1n) is 9.13. The summed E-state index contributed by atoms with van der Waals surface area (Å²) in [4.78, 5) is 24.0. The van der Waals surface area contributed by atoms with Gasteiger partial charge in [-0.1, -0.05) is 29.3 Å². The van der Waals surface area contributed by atoms with E-state index < -0.39 is 18.5 Å². The van der Waals surface area contributed by atoms with Crippen molar-refractivity contribution in [3.63, 3.8) is 0 Å². The van der Waals surface area contributed by atoms with Crippen LogP contribution in [0.2, 0.25) is 5.02 Å². The van der Waals surface area contributed by atoms with E-state index >= 15 is 0 Å². The minimum absolute atomic E-state index is 0.00327. The van der Waals surface area contributed by atoms with Crippen LogP contribution in [0.3, 0.4) is 0 Å². The van der Waals surface area contributed by atoms with Crippen LogP contribution in [-0.2, 0) is 20.7 Å². The van der Waals surface area contributed by atoms with Crippen molar-refractivity contribution < 1.29 is 23.5 Å². The monoisotopic (exact) mass is 429 g/mol. The smallest absolute Gasteiger partial charge is 0.306 e. The SMILES string of the molecule is COc1ccc(Cl)cc1NC(=O)COC(=O)CCc1nnc(-c2ccc(C)cc2)o1. The predicted octanol–water partition coefficient (Wildman–Crippen LogP) is 3.82. The maximum Gasteiger partial charge on any atom is 0.306 e. The molecule has 0 aliphatic rings. The summed E-state index contributed by atoms with van der Waals surface area (Å²) in [5.41, 5.74) is 2.31. The molecule has 3 aromatic rings. The maximum atomic E-state index is 12.0. The number of aryl methyl sites for hydroxylation is 2. The second kappa shape index (κ2) is 9.89. The zero-order valence-electron chi connectivity index (χ0n) is 16.5. The van der Waals surface area contributed by atoms with E-state index in [4.69, 9.17) is 25.5 Å². The number of aromatic nitrogens is 2. The van der Waals surface area contributed by atoms with Crippen molar-refractivity contribution in [1.82, 2.24) is 10.2 Å². The Bertz CT molecular complexity index is 1030. The molecule has 0 bridgehead atoms. The van der Waals surface area contributed by atoms with E-state index in [1.54, 1.807) is 18.2 Å². The highest BCUT2D eigenvalue weighted by atomic mass is 35.5. The highest BCUT2D eigenvalue weighted by Gasteiger charge is 2.14. The molecule has 0 unspecified atom stereocenters. The number of benzene rings is 2. The van der Waals surface area contributed by atoms with Gasteiger partial charge in [0, 0.05) is 17.0 Å². The molecule has 1 heterocycles. The van der Waals surface area contributed by atoms with Crippen molar-refractivity contribution >= 4 is 29.2 Å². The summed E-state index contributed by atoms with van der Waals surface area (Å²) in [6.45, 7) is 1.55. The molecule has 0 spiro atoms. The fraction of sp³-hybridized carbons (Fsp3) is 0.238. The van der Waals surface area contributed by atoms with E-state index in [0.29, 0.717) is 28.2 Å². The molecule has 3 rings (SSSR count). The third-order valence-corrected chi connectivity index (χ3v) is 4.34. The minimum atomic E-state index is -0.557. The largest absolute Gasteiger partial charge is 0.495 e. The number of carbonyl (C=O) groups is 2. The molecule has 0 fully saturated rings. The second-order valence-corrected chi connectivity index (χ2v) is 6.86. The molecule has 156 valence electrons. The van der Waals surface area contributed by atoms with Crippen LogP contribution in [0.15, 0.2) is 46.9 Å². The van der Waals surface area contributed by atoms with Gasteiger partial charge in [-0.2, -0.15) is 0 Å². The highest BCUT2D eigenvalue weighted by molar-refractivity contribution is 6.31. The Hall–Kier alpha value is -3.39. The molecule has 1 amide bonds. The van der Waals surface area contributed by atoms with Gasteiger partial charge in [-0.3, -0.25) is 9.59 Å². The Morgan fingerprint density at radius 2 is 1.90 bits per heavy atom. The highest BCUT2D eigenvalue weighted by Crippen LogP contribution is 2.27. The molecule has 0 saturated heterocycles. The molecular formula is C21H20ClN3O5. The number of methoxy groups -OCH3 is 1. The number of rotatable bonds is 8. The Kier molecular flexibility index (Phi) is 7.03. The van der Waals surface area contributed by atoms with Crippen molar-refractivity contribution in [3.8, 4) is 17.2 Å². The van der Waals surface area contributed by atoms with Crippen LogP contribution in [-0.4, -0.2) is 35.8 Å². The zero-order chi connectivity index (χ0) is 21.5. The molecule has 0 atom stereocenters. The van der Waals surface area contributed by atoms with Crippen LogP contribution in [0.25, 0.3) is 11.5 Å². The quantitative estimate of drug-likeness (QED) is 0.543. The van der Waals surface area contributed by atoms with E-state index in [9.17, 15) is 9.59 Å². The lowest BCUT2D eigenvalue weighted by atomic mass is 10.1. The number of nitrogens with zero attached hydrogens (tertiary/aromatic N) is 2. The van der Waals surface area contributed by atoms with E-state index in [-0.39, 0.29) is 12.8 Å². The van der Waals surface area contributed by atoms with Gasteiger partial charge in [-0.05, 0) is 37.3 Å². The van der Waals surface area contributed by atoms with Gasteiger partial charge in [-0.25, -0.2) is 0 Å². The van der Waals surface area contributed by atoms with Gasteiger partial charge in [0.2, 0.25) is 11.8 Å². The van der Waals surface area contributed by atoms with Gasteiger partial charge in [0.25, 0.3) is 5.91 Å². The van der Waals surface area contributed by atoms with Crippen LogP contribution < -0.4 is 10.1 Å². The van der Waals surface area contributed by atoms with Crippen LogP contribution in [0.5, 0.6) is 5.75 Å². The van der Waals surface area contributed by atoms with Crippen molar-refractivity contribution in [1.29, 1.82) is 0 Å². The van der Waals surface area contributed by atoms with Crippen molar-refractivity contribution in [2.45, 2.75) is 19.8 Å². The summed E-state index contributed by atoms with van der Waals surface area (Å²) in [5, 5.41) is 10.9. The lowest BCUT2D eigenvalue weighted by Crippen LogP contribution is -2.21. The van der Waals surface area contributed by atoms with E-state index in [1.165, 1.54) is 7.11 Å². The Morgan fingerprint density at radius 1 is 1.13 bits per heavy atom. The number of amides is 1. The van der Waals surface area contributed by atoms with Crippen molar-refractivity contribution in [3.05, 3.63) is 58.9 Å². The summed E-state index contributed by atoms with van der Waals surface area (Å²) in [6.07, 6.45) is 0.213. The number of nitrogens with one attached hydrogen (secondary N) is 1. The standard InChI is InChI=1S/C21H20ClN3O5/c1-13-3-5-14(6-4-13)21-25-24-19(30-21)9-10-20(27)29-12-18(26)23-16-11-15(22)7-8-17(16)28-2/h3-8,11H,9-10,12H2,1-2H3,(H,23,26). The Morgan fingerprint density at radius 3 is 2.63 bits per heavy atom. The van der Waals surface area contributed by atoms with Crippen molar-refractivity contribution in [2.75, 3.05) is 19.0 Å². The van der Waals surface area contributed by atoms with Crippen molar-refractivity contribution in [2.24, 2.45) is 0 Å². The molecule has 0 saturated carbocycles. The Labute approximate surface area is 178 Å². The molecule has 8 nitrogen and oxygen atoms in total. The number of hydrogen-bond acceptors (Lipinski definition) is 7. The summed E-state index contributed by atoms with van der Waals surface area (Å²) in [5.74, 6) is 0.0744. The number of carbonyl (C=O) groups excluding carboxylic acids is 2. The molecule has 1 N–H and O–H groups in total. The first-order chi connectivity index (χ1) is 14.4. The average molecular weight is 430 g/mol. The Balaban J connectivity index is 1.46. The van der Waals surface area contributed by atoms with Crippen LogP contribution in [0.1, 0.15) is 17.9 Å². The lowest BCUT2D eigenvalue weighted by molar-refractivity contribution is -0.147. The van der Waals surface area contributed by atoms with Gasteiger partial charge in [0.1, 0.15) is 5.75 Å². The number of esters is 1. The molecule has 0 aliphatic heterocycles. The maximum absolute atomic E-state index is 12.0. The number of anilines is 1. The molecular weight excluding hydrogens is 410 g/mol. The van der Waals surface area contributed by atoms with Gasteiger partial charge in [0.05, 0.1) is 19.2 Å². The molecule has 9 heteroatoms. The van der Waals surface area contributed by atoms with E-state index in [0.717, 1.165) is 11.1 Å². The summed E-state index contributed by atoms with van der Waals surface area (Å²) < 4.78 is 15.7. The fourth-order valence-corrected chi connectivity index (χ4v) is 2.73. The van der Waals surface area contributed by atoms with E-state index in [1.807, 2.05) is 31.2 Å². The van der Waals surface area contributed by atoms with Gasteiger partial charge in [-0.15, -0.1) is 10.2 Å². The lowest BCUT2D eigenvalue weighted by Gasteiger charge is -2.10.